The number of rotatable bonds is 4. The summed E-state index contributed by atoms with van der Waals surface area (Å²) in [5.41, 5.74) is -0.315. The van der Waals surface area contributed by atoms with Gasteiger partial charge in [0.1, 0.15) is 0 Å². The van der Waals surface area contributed by atoms with Gasteiger partial charge in [-0.15, -0.1) is 0 Å². The Labute approximate surface area is 134 Å². The number of carbonyl (C=O) groups excluding carboxylic acids is 1. The van der Waals surface area contributed by atoms with E-state index >= 15 is 0 Å². The van der Waals surface area contributed by atoms with Crippen molar-refractivity contribution in [2.75, 3.05) is 6.54 Å². The summed E-state index contributed by atoms with van der Waals surface area (Å²) in [6.45, 7) is 2.60. The molecule has 0 aliphatic heterocycles. The van der Waals surface area contributed by atoms with Crippen LogP contribution in [0.25, 0.3) is 0 Å². The third-order valence-electron chi connectivity index (χ3n) is 5.16. The van der Waals surface area contributed by atoms with E-state index in [1.165, 1.54) is 12.1 Å². The second-order valence-corrected chi connectivity index (χ2v) is 6.60. The van der Waals surface area contributed by atoms with Crippen LogP contribution in [0.1, 0.15) is 56.1 Å². The van der Waals surface area contributed by atoms with E-state index in [1.807, 2.05) is 11.8 Å². The Kier molecular flexibility index (Phi) is 4.39. The van der Waals surface area contributed by atoms with Crippen LogP contribution < -0.4 is 0 Å². The minimum Gasteiger partial charge on any atom is -0.340 e. The van der Waals surface area contributed by atoms with Crippen molar-refractivity contribution >= 4 is 5.91 Å². The molecule has 0 saturated heterocycles. The van der Waals surface area contributed by atoms with Crippen molar-refractivity contribution in [1.82, 2.24) is 4.90 Å². The molecule has 2 saturated carbocycles. The van der Waals surface area contributed by atoms with Crippen molar-refractivity contribution in [3.8, 4) is 0 Å². The molecule has 3 rings (SSSR count). The van der Waals surface area contributed by atoms with Gasteiger partial charge in [-0.2, -0.15) is 13.2 Å². The van der Waals surface area contributed by atoms with Crippen LogP contribution in [0.5, 0.6) is 0 Å². The lowest BCUT2D eigenvalue weighted by atomic mass is 10.0. The lowest BCUT2D eigenvalue weighted by Crippen LogP contribution is -2.39. The van der Waals surface area contributed by atoms with Crippen molar-refractivity contribution < 1.29 is 18.0 Å². The van der Waals surface area contributed by atoms with Gasteiger partial charge >= 0.3 is 6.18 Å². The summed E-state index contributed by atoms with van der Waals surface area (Å²) in [5, 5.41) is 0. The number of benzene rings is 1. The quantitative estimate of drug-likeness (QED) is 0.792. The largest absolute Gasteiger partial charge is 0.416 e. The Hall–Kier alpha value is -1.52. The molecule has 1 aromatic carbocycles. The van der Waals surface area contributed by atoms with Crippen molar-refractivity contribution in [2.45, 2.75) is 57.2 Å². The first-order chi connectivity index (χ1) is 10.9. The van der Waals surface area contributed by atoms with Crippen molar-refractivity contribution in [3.05, 3.63) is 35.4 Å². The molecule has 2 nitrogen and oxygen atoms in total. The highest BCUT2D eigenvalue weighted by atomic mass is 19.4. The lowest BCUT2D eigenvalue weighted by Gasteiger charge is -2.28. The molecule has 2 aliphatic rings. The molecule has 126 valence electrons. The molecular weight excluding hydrogens is 303 g/mol. The highest BCUT2D eigenvalue weighted by molar-refractivity contribution is 5.83. The molecule has 23 heavy (non-hydrogen) atoms. The van der Waals surface area contributed by atoms with Crippen molar-refractivity contribution in [2.24, 2.45) is 5.92 Å². The fourth-order valence-corrected chi connectivity index (χ4v) is 3.91. The lowest BCUT2D eigenvalue weighted by molar-refractivity contribution is -0.139. The van der Waals surface area contributed by atoms with Crippen LogP contribution in [0.15, 0.2) is 24.3 Å². The highest BCUT2D eigenvalue weighted by Crippen LogP contribution is 2.52. The minimum atomic E-state index is -4.36. The predicted octanol–water partition coefficient (Wildman–Crippen LogP) is 4.60. The monoisotopic (exact) mass is 325 g/mol. The summed E-state index contributed by atoms with van der Waals surface area (Å²) in [6, 6.07) is 5.95. The molecule has 2 aliphatic carbocycles. The zero-order chi connectivity index (χ0) is 16.6. The second-order valence-electron chi connectivity index (χ2n) is 6.60. The molecule has 1 aromatic rings. The van der Waals surface area contributed by atoms with Gasteiger partial charge in [0.25, 0.3) is 0 Å². The Morgan fingerprint density at radius 3 is 2.48 bits per heavy atom. The van der Waals surface area contributed by atoms with Crippen LogP contribution in [-0.4, -0.2) is 23.4 Å². The molecule has 2 atom stereocenters. The molecule has 1 amide bonds. The van der Waals surface area contributed by atoms with Crippen molar-refractivity contribution in [1.29, 1.82) is 0 Å². The van der Waals surface area contributed by atoms with Crippen LogP contribution in [-0.2, 0) is 11.0 Å². The maximum atomic E-state index is 13.1. The molecule has 0 radical (unpaired) electrons. The van der Waals surface area contributed by atoms with E-state index < -0.39 is 11.7 Å². The molecule has 0 unspecified atom stereocenters. The van der Waals surface area contributed by atoms with Crippen LogP contribution in [0.3, 0.4) is 0 Å². The van der Waals surface area contributed by atoms with E-state index in [2.05, 4.69) is 0 Å². The number of amides is 1. The number of hydrogen-bond acceptors (Lipinski definition) is 1. The van der Waals surface area contributed by atoms with E-state index in [-0.39, 0.29) is 29.3 Å². The maximum Gasteiger partial charge on any atom is 0.416 e. The first-order valence-corrected chi connectivity index (χ1v) is 8.40. The zero-order valence-electron chi connectivity index (χ0n) is 13.3. The summed E-state index contributed by atoms with van der Waals surface area (Å²) >= 11 is 0. The third kappa shape index (κ3) is 3.24. The minimum absolute atomic E-state index is 0.0429. The maximum absolute atomic E-state index is 13.1. The molecule has 0 bridgehead atoms. The standard InChI is InChI=1S/C18H22F3NO/c1-2-22(12-7-3-4-8-12)17(23)15-11-14(15)13-9-5-6-10-16(13)18(19,20)21/h5-6,9-10,12,14-15H,2-4,7-8,11H2,1H3/t14-,15-/m1/s1. The summed E-state index contributed by atoms with van der Waals surface area (Å²) < 4.78 is 39.4. The Morgan fingerprint density at radius 2 is 1.87 bits per heavy atom. The first kappa shape index (κ1) is 16.3. The summed E-state index contributed by atoms with van der Waals surface area (Å²) in [5.74, 6) is -0.517. The van der Waals surface area contributed by atoms with Gasteiger partial charge in [0.05, 0.1) is 5.56 Å². The molecule has 2 fully saturated rings. The summed E-state index contributed by atoms with van der Waals surface area (Å²) in [7, 11) is 0. The van der Waals surface area contributed by atoms with Gasteiger partial charge in [-0.05, 0) is 43.7 Å². The van der Waals surface area contributed by atoms with Gasteiger partial charge in [-0.25, -0.2) is 0 Å². The molecule has 0 heterocycles. The van der Waals surface area contributed by atoms with E-state index in [1.54, 1.807) is 6.07 Å². The fraction of sp³-hybridized carbons (Fsp3) is 0.611. The van der Waals surface area contributed by atoms with E-state index in [9.17, 15) is 18.0 Å². The van der Waals surface area contributed by atoms with Gasteiger partial charge in [0, 0.05) is 18.5 Å². The van der Waals surface area contributed by atoms with Gasteiger partial charge in [0.2, 0.25) is 5.91 Å². The van der Waals surface area contributed by atoms with Crippen LogP contribution in [0.4, 0.5) is 13.2 Å². The highest BCUT2D eigenvalue weighted by Gasteiger charge is 2.49. The topological polar surface area (TPSA) is 20.3 Å². The number of hydrogen-bond donors (Lipinski definition) is 0. The third-order valence-corrected chi connectivity index (χ3v) is 5.16. The summed E-state index contributed by atoms with van der Waals surface area (Å²) in [6.07, 6.45) is 0.503. The summed E-state index contributed by atoms with van der Waals surface area (Å²) in [4.78, 5) is 14.6. The van der Waals surface area contributed by atoms with Crippen molar-refractivity contribution in [3.63, 3.8) is 0 Å². The normalized spacial score (nSPS) is 24.7. The van der Waals surface area contributed by atoms with Gasteiger partial charge < -0.3 is 4.90 Å². The van der Waals surface area contributed by atoms with Gasteiger partial charge in [-0.1, -0.05) is 31.0 Å². The van der Waals surface area contributed by atoms with Crippen LogP contribution >= 0.6 is 0 Å². The average molecular weight is 325 g/mol. The molecule has 0 aromatic heterocycles. The fourth-order valence-electron chi connectivity index (χ4n) is 3.91. The Balaban J connectivity index is 1.75. The number of nitrogens with zero attached hydrogens (tertiary/aromatic N) is 1. The SMILES string of the molecule is CCN(C(=O)[C@@H]1C[C@@H]1c1ccccc1C(F)(F)F)C1CCCC1. The zero-order valence-corrected chi connectivity index (χ0v) is 13.3. The van der Waals surface area contributed by atoms with E-state index in [0.717, 1.165) is 31.7 Å². The van der Waals surface area contributed by atoms with E-state index in [4.69, 9.17) is 0 Å². The second kappa shape index (κ2) is 6.17. The van der Waals surface area contributed by atoms with Crippen LogP contribution in [0, 0.1) is 5.92 Å². The van der Waals surface area contributed by atoms with Gasteiger partial charge in [-0.3, -0.25) is 4.79 Å². The smallest absolute Gasteiger partial charge is 0.340 e. The Bertz CT molecular complexity index is 578. The molecule has 5 heteroatoms. The number of alkyl halides is 3. The van der Waals surface area contributed by atoms with E-state index in [0.29, 0.717) is 13.0 Å². The number of carbonyl (C=O) groups is 1. The average Bonchev–Trinajstić information content (AvgIpc) is 3.14. The van der Waals surface area contributed by atoms with Crippen LogP contribution in [0.2, 0.25) is 0 Å². The first-order valence-electron chi connectivity index (χ1n) is 8.40. The molecule has 0 N–H and O–H groups in total. The number of halogens is 3. The van der Waals surface area contributed by atoms with Gasteiger partial charge in [0.15, 0.2) is 0 Å². The predicted molar refractivity (Wildman–Crippen MR) is 81.9 cm³/mol. The molecular formula is C18H22F3NO. The Morgan fingerprint density at radius 1 is 1.22 bits per heavy atom. The molecule has 0 spiro atoms.